The van der Waals surface area contributed by atoms with Gasteiger partial charge in [0.25, 0.3) is 0 Å². The van der Waals surface area contributed by atoms with Crippen molar-refractivity contribution in [2.75, 3.05) is 23.3 Å². The monoisotopic (exact) mass is 232 g/mol. The highest BCUT2D eigenvalue weighted by atomic mass is 16.2. The van der Waals surface area contributed by atoms with Gasteiger partial charge in [-0.1, -0.05) is 26.8 Å². The predicted molar refractivity (Wildman–Crippen MR) is 71.7 cm³/mol. The molecule has 1 aliphatic rings. The van der Waals surface area contributed by atoms with Crippen molar-refractivity contribution < 1.29 is 4.79 Å². The van der Waals surface area contributed by atoms with Crippen LogP contribution in [0.2, 0.25) is 0 Å². The molecule has 1 amide bonds. The zero-order valence-corrected chi connectivity index (χ0v) is 11.0. The molecule has 2 rings (SSSR count). The van der Waals surface area contributed by atoms with E-state index in [0.29, 0.717) is 6.54 Å². The zero-order chi connectivity index (χ0) is 12.6. The van der Waals surface area contributed by atoms with Crippen LogP contribution in [-0.4, -0.2) is 19.0 Å². The predicted octanol–water partition coefficient (Wildman–Crippen LogP) is 2.76. The number of amides is 1. The van der Waals surface area contributed by atoms with Crippen molar-refractivity contribution in [1.29, 1.82) is 0 Å². The van der Waals surface area contributed by atoms with Gasteiger partial charge in [-0.05, 0) is 30.0 Å². The second-order valence-electron chi connectivity index (χ2n) is 5.47. The molecule has 1 aromatic rings. The van der Waals surface area contributed by atoms with Gasteiger partial charge in [0.15, 0.2) is 0 Å². The fourth-order valence-corrected chi connectivity index (χ4v) is 2.12. The number of likely N-dealkylation sites (N-methyl/N-ethyl adjacent to an activating group) is 1. The van der Waals surface area contributed by atoms with E-state index in [9.17, 15) is 4.79 Å². The molecule has 1 aromatic carbocycles. The average molecular weight is 232 g/mol. The van der Waals surface area contributed by atoms with Crippen molar-refractivity contribution in [2.24, 2.45) is 0 Å². The number of benzene rings is 1. The van der Waals surface area contributed by atoms with E-state index in [-0.39, 0.29) is 11.3 Å². The minimum Gasteiger partial charge on any atom is -0.374 e. The van der Waals surface area contributed by atoms with Gasteiger partial charge in [0.2, 0.25) is 5.91 Å². The minimum atomic E-state index is 0.106. The molecular formula is C14H20N2O. The molecule has 0 spiro atoms. The zero-order valence-electron chi connectivity index (χ0n) is 11.0. The van der Waals surface area contributed by atoms with Gasteiger partial charge in [0.1, 0.15) is 0 Å². The van der Waals surface area contributed by atoms with Crippen LogP contribution in [0.1, 0.15) is 33.3 Å². The lowest BCUT2D eigenvalue weighted by molar-refractivity contribution is -0.117. The Bertz CT molecular complexity index is 446. The number of fused-ring (bicyclic) bond motifs is 1. The van der Waals surface area contributed by atoms with E-state index >= 15 is 0 Å². The normalized spacial score (nSPS) is 15.5. The Kier molecular flexibility index (Phi) is 2.86. The van der Waals surface area contributed by atoms with E-state index < -0.39 is 0 Å². The third-order valence-electron chi connectivity index (χ3n) is 3.20. The van der Waals surface area contributed by atoms with Crippen LogP contribution in [0.15, 0.2) is 18.2 Å². The number of rotatable bonds is 1. The molecule has 0 radical (unpaired) electrons. The summed E-state index contributed by atoms with van der Waals surface area (Å²) in [6, 6.07) is 6.34. The summed E-state index contributed by atoms with van der Waals surface area (Å²) in [7, 11) is 0. The quantitative estimate of drug-likeness (QED) is 0.807. The summed E-state index contributed by atoms with van der Waals surface area (Å²) in [4.78, 5) is 13.7. The first-order valence-corrected chi connectivity index (χ1v) is 6.12. The molecule has 17 heavy (non-hydrogen) atoms. The Balaban J connectivity index is 2.49. The highest BCUT2D eigenvalue weighted by Crippen LogP contribution is 2.34. The highest BCUT2D eigenvalue weighted by molar-refractivity contribution is 6.02. The van der Waals surface area contributed by atoms with Crippen molar-refractivity contribution in [1.82, 2.24) is 0 Å². The van der Waals surface area contributed by atoms with Crippen molar-refractivity contribution in [3.63, 3.8) is 0 Å². The van der Waals surface area contributed by atoms with Crippen LogP contribution >= 0.6 is 0 Å². The first kappa shape index (κ1) is 12.0. The van der Waals surface area contributed by atoms with Crippen LogP contribution in [0.3, 0.4) is 0 Å². The Labute approximate surface area is 103 Å². The first-order chi connectivity index (χ1) is 7.93. The minimum absolute atomic E-state index is 0.106. The van der Waals surface area contributed by atoms with Crippen LogP contribution in [-0.2, 0) is 10.2 Å². The molecule has 3 nitrogen and oxygen atoms in total. The number of carbonyl (C=O) groups excluding carboxylic acids is 1. The lowest BCUT2D eigenvalue weighted by Crippen LogP contribution is -2.39. The molecule has 0 aliphatic carbocycles. The molecule has 0 fully saturated rings. The van der Waals surface area contributed by atoms with E-state index in [1.807, 2.05) is 11.8 Å². The smallest absolute Gasteiger partial charge is 0.246 e. The van der Waals surface area contributed by atoms with E-state index in [2.05, 4.69) is 44.3 Å². The molecular weight excluding hydrogens is 212 g/mol. The molecule has 92 valence electrons. The molecule has 0 bridgehead atoms. The maximum Gasteiger partial charge on any atom is 0.246 e. The lowest BCUT2D eigenvalue weighted by Gasteiger charge is -2.31. The molecule has 1 heterocycles. The van der Waals surface area contributed by atoms with Crippen LogP contribution in [0.4, 0.5) is 11.4 Å². The molecule has 3 heteroatoms. The number of nitrogens with one attached hydrogen (secondary N) is 1. The van der Waals surface area contributed by atoms with Gasteiger partial charge in [0.05, 0.1) is 17.9 Å². The third-order valence-corrected chi connectivity index (χ3v) is 3.20. The van der Waals surface area contributed by atoms with Crippen molar-refractivity contribution in [2.45, 2.75) is 33.1 Å². The van der Waals surface area contributed by atoms with E-state index in [0.717, 1.165) is 17.9 Å². The van der Waals surface area contributed by atoms with E-state index in [1.165, 1.54) is 5.56 Å². The average Bonchev–Trinajstić information content (AvgIpc) is 2.27. The second-order valence-corrected chi connectivity index (χ2v) is 5.47. The van der Waals surface area contributed by atoms with Gasteiger partial charge < -0.3 is 10.2 Å². The fraction of sp³-hybridized carbons (Fsp3) is 0.500. The summed E-state index contributed by atoms with van der Waals surface area (Å²) in [5.41, 5.74) is 3.43. The largest absolute Gasteiger partial charge is 0.374 e. The van der Waals surface area contributed by atoms with Crippen LogP contribution in [0.5, 0.6) is 0 Å². The standard InChI is InChI=1S/C14H20N2O/c1-5-16-12-8-10(14(2,3)4)6-7-11(12)15-9-13(16)17/h6-8,15H,5,9H2,1-4H3. The fourth-order valence-electron chi connectivity index (χ4n) is 2.12. The summed E-state index contributed by atoms with van der Waals surface area (Å²) in [6.45, 7) is 9.68. The Morgan fingerprint density at radius 3 is 2.65 bits per heavy atom. The molecule has 1 aliphatic heterocycles. The molecule has 0 atom stereocenters. The Morgan fingerprint density at radius 1 is 1.35 bits per heavy atom. The van der Waals surface area contributed by atoms with Crippen LogP contribution in [0.25, 0.3) is 0 Å². The molecule has 1 N–H and O–H groups in total. The number of carbonyl (C=O) groups is 1. The van der Waals surface area contributed by atoms with Gasteiger partial charge in [-0.25, -0.2) is 0 Å². The lowest BCUT2D eigenvalue weighted by atomic mass is 9.86. The van der Waals surface area contributed by atoms with Crippen LogP contribution in [0, 0.1) is 0 Å². The maximum absolute atomic E-state index is 11.8. The maximum atomic E-state index is 11.8. The second kappa shape index (κ2) is 4.06. The SMILES string of the molecule is CCN1C(=O)CNc2ccc(C(C)(C)C)cc21. The Morgan fingerprint density at radius 2 is 2.06 bits per heavy atom. The summed E-state index contributed by atoms with van der Waals surface area (Å²) >= 11 is 0. The Hall–Kier alpha value is -1.51. The van der Waals surface area contributed by atoms with Gasteiger partial charge in [-0.15, -0.1) is 0 Å². The van der Waals surface area contributed by atoms with Gasteiger partial charge in [0, 0.05) is 6.54 Å². The number of hydrogen-bond donors (Lipinski definition) is 1. The summed E-state index contributed by atoms with van der Waals surface area (Å²) in [5.74, 6) is 0.144. The molecule has 0 saturated heterocycles. The first-order valence-electron chi connectivity index (χ1n) is 6.12. The van der Waals surface area contributed by atoms with Gasteiger partial charge in [-0.3, -0.25) is 4.79 Å². The number of nitrogens with zero attached hydrogens (tertiary/aromatic N) is 1. The third kappa shape index (κ3) is 2.14. The number of hydrogen-bond acceptors (Lipinski definition) is 2. The van der Waals surface area contributed by atoms with Gasteiger partial charge in [-0.2, -0.15) is 0 Å². The molecule has 0 aromatic heterocycles. The van der Waals surface area contributed by atoms with E-state index in [4.69, 9.17) is 0 Å². The van der Waals surface area contributed by atoms with E-state index in [1.54, 1.807) is 0 Å². The van der Waals surface area contributed by atoms with Gasteiger partial charge >= 0.3 is 0 Å². The topological polar surface area (TPSA) is 32.3 Å². The summed E-state index contributed by atoms with van der Waals surface area (Å²) in [5, 5.41) is 3.16. The molecule has 0 unspecified atom stereocenters. The summed E-state index contributed by atoms with van der Waals surface area (Å²) in [6.07, 6.45) is 0. The van der Waals surface area contributed by atoms with Crippen molar-refractivity contribution in [3.8, 4) is 0 Å². The molecule has 0 saturated carbocycles. The van der Waals surface area contributed by atoms with Crippen molar-refractivity contribution >= 4 is 17.3 Å². The number of anilines is 2. The van der Waals surface area contributed by atoms with Crippen LogP contribution < -0.4 is 10.2 Å². The van der Waals surface area contributed by atoms with Crippen molar-refractivity contribution in [3.05, 3.63) is 23.8 Å². The highest BCUT2D eigenvalue weighted by Gasteiger charge is 2.24. The summed E-state index contributed by atoms with van der Waals surface area (Å²) < 4.78 is 0.